The van der Waals surface area contributed by atoms with E-state index in [0.29, 0.717) is 38.2 Å². The van der Waals surface area contributed by atoms with Crippen molar-refractivity contribution in [2.24, 2.45) is 11.1 Å². The largest absolute Gasteiger partial charge is 0.339 e. The van der Waals surface area contributed by atoms with Crippen molar-refractivity contribution in [3.05, 3.63) is 35.6 Å². The molecule has 0 unspecified atom stereocenters. The second-order valence-corrected chi connectivity index (χ2v) is 7.32. The molecule has 0 aromatic heterocycles. The van der Waals surface area contributed by atoms with Gasteiger partial charge in [-0.05, 0) is 36.1 Å². The van der Waals surface area contributed by atoms with Gasteiger partial charge in [0.15, 0.2) is 0 Å². The lowest BCUT2D eigenvalue weighted by atomic mass is 9.86. The monoisotopic (exact) mass is 335 g/mol. The average Bonchev–Trinajstić information content (AvgIpc) is 2.78. The fourth-order valence-corrected chi connectivity index (χ4v) is 2.68. The number of carbonyl (C=O) groups is 2. The van der Waals surface area contributed by atoms with E-state index in [2.05, 4.69) is 0 Å². The van der Waals surface area contributed by atoms with E-state index in [1.54, 1.807) is 9.80 Å². The molecular formula is C18H26FN3O2. The van der Waals surface area contributed by atoms with Crippen LogP contribution in [0.2, 0.25) is 0 Å². The Bertz CT molecular complexity index is 595. The van der Waals surface area contributed by atoms with Crippen LogP contribution >= 0.6 is 0 Å². The molecule has 24 heavy (non-hydrogen) atoms. The lowest BCUT2D eigenvalue weighted by Gasteiger charge is -2.31. The number of amides is 2. The van der Waals surface area contributed by atoms with Gasteiger partial charge in [-0.25, -0.2) is 4.39 Å². The summed E-state index contributed by atoms with van der Waals surface area (Å²) in [6, 6.07) is 4.98. The summed E-state index contributed by atoms with van der Waals surface area (Å²) in [5, 5.41) is 0. The maximum Gasteiger partial charge on any atom is 0.253 e. The van der Waals surface area contributed by atoms with E-state index in [-0.39, 0.29) is 23.0 Å². The van der Waals surface area contributed by atoms with Gasteiger partial charge < -0.3 is 15.5 Å². The Kier molecular flexibility index (Phi) is 5.59. The summed E-state index contributed by atoms with van der Waals surface area (Å²) in [5.74, 6) is -0.571. The molecule has 6 heteroatoms. The zero-order valence-corrected chi connectivity index (χ0v) is 14.6. The van der Waals surface area contributed by atoms with Gasteiger partial charge in [-0.3, -0.25) is 9.59 Å². The Balaban J connectivity index is 2.01. The summed E-state index contributed by atoms with van der Waals surface area (Å²) in [7, 11) is 0. The molecule has 2 N–H and O–H groups in total. The highest BCUT2D eigenvalue weighted by Crippen LogP contribution is 2.20. The number of nitrogens with zero attached hydrogens (tertiary/aromatic N) is 2. The molecule has 1 heterocycles. The van der Waals surface area contributed by atoms with E-state index in [4.69, 9.17) is 5.73 Å². The number of nitrogens with two attached hydrogens (primary N) is 1. The van der Waals surface area contributed by atoms with Crippen molar-refractivity contribution in [2.75, 3.05) is 26.2 Å². The lowest BCUT2D eigenvalue weighted by Crippen LogP contribution is -2.51. The second-order valence-electron chi connectivity index (χ2n) is 7.32. The molecule has 132 valence electrons. The molecule has 0 spiro atoms. The summed E-state index contributed by atoms with van der Waals surface area (Å²) in [6.45, 7) is 7.92. The molecule has 2 amide bonds. The smallest absolute Gasteiger partial charge is 0.253 e. The van der Waals surface area contributed by atoms with Gasteiger partial charge in [-0.1, -0.05) is 20.8 Å². The van der Waals surface area contributed by atoms with Crippen LogP contribution in [0.3, 0.4) is 0 Å². The van der Waals surface area contributed by atoms with Gasteiger partial charge in [-0.2, -0.15) is 0 Å². The first-order valence-electron chi connectivity index (χ1n) is 8.29. The topological polar surface area (TPSA) is 66.6 Å². The number of hydrogen-bond acceptors (Lipinski definition) is 3. The van der Waals surface area contributed by atoms with Crippen LogP contribution in [-0.4, -0.2) is 53.8 Å². The number of rotatable bonds is 2. The van der Waals surface area contributed by atoms with Crippen molar-refractivity contribution in [1.29, 1.82) is 0 Å². The van der Waals surface area contributed by atoms with Crippen LogP contribution in [0.4, 0.5) is 4.39 Å². The third kappa shape index (κ3) is 4.32. The first-order chi connectivity index (χ1) is 11.2. The number of hydrogen-bond donors (Lipinski definition) is 1. The van der Waals surface area contributed by atoms with Gasteiger partial charge in [0, 0.05) is 31.7 Å². The minimum Gasteiger partial charge on any atom is -0.339 e. The van der Waals surface area contributed by atoms with Gasteiger partial charge in [0.2, 0.25) is 5.91 Å². The molecule has 1 saturated heterocycles. The second kappa shape index (κ2) is 7.30. The van der Waals surface area contributed by atoms with Gasteiger partial charge in [0.05, 0.1) is 6.04 Å². The molecule has 1 fully saturated rings. The molecule has 2 rings (SSSR count). The van der Waals surface area contributed by atoms with Crippen LogP contribution in [0.1, 0.15) is 37.6 Å². The molecule has 1 aromatic carbocycles. The third-order valence-corrected chi connectivity index (χ3v) is 4.39. The molecule has 0 saturated carbocycles. The molecule has 0 radical (unpaired) electrons. The molecule has 1 aliphatic heterocycles. The summed E-state index contributed by atoms with van der Waals surface area (Å²) in [4.78, 5) is 28.5. The van der Waals surface area contributed by atoms with Crippen LogP contribution in [0.25, 0.3) is 0 Å². The normalized spacial score (nSPS) is 17.4. The maximum absolute atomic E-state index is 13.0. The number of halogens is 1. The van der Waals surface area contributed by atoms with Crippen LogP contribution in [0, 0.1) is 11.2 Å². The van der Waals surface area contributed by atoms with Crippen molar-refractivity contribution < 1.29 is 14.0 Å². The predicted octanol–water partition coefficient (Wildman–Crippen LogP) is 1.87. The molecule has 0 bridgehead atoms. The fourth-order valence-electron chi connectivity index (χ4n) is 2.68. The Hall–Kier alpha value is -1.95. The van der Waals surface area contributed by atoms with Crippen molar-refractivity contribution in [1.82, 2.24) is 9.80 Å². The summed E-state index contributed by atoms with van der Waals surface area (Å²) < 4.78 is 13.0. The summed E-state index contributed by atoms with van der Waals surface area (Å²) in [6.07, 6.45) is 0.704. The first-order valence-corrected chi connectivity index (χ1v) is 8.29. The Labute approximate surface area is 142 Å². The minimum atomic E-state index is -0.558. The minimum absolute atomic E-state index is 0.0708. The van der Waals surface area contributed by atoms with E-state index in [0.717, 1.165) is 0 Å². The third-order valence-electron chi connectivity index (χ3n) is 4.39. The quantitative estimate of drug-likeness (QED) is 0.897. The van der Waals surface area contributed by atoms with Crippen LogP contribution < -0.4 is 5.73 Å². The molecule has 0 aliphatic carbocycles. The van der Waals surface area contributed by atoms with E-state index in [1.165, 1.54) is 24.3 Å². The zero-order valence-electron chi connectivity index (χ0n) is 14.6. The van der Waals surface area contributed by atoms with Crippen molar-refractivity contribution in [3.63, 3.8) is 0 Å². The fraction of sp³-hybridized carbons (Fsp3) is 0.556. The number of carbonyl (C=O) groups excluding carboxylic acids is 2. The van der Waals surface area contributed by atoms with Gasteiger partial charge in [0.25, 0.3) is 5.91 Å². The highest BCUT2D eigenvalue weighted by molar-refractivity contribution is 5.94. The Morgan fingerprint density at radius 1 is 1.04 bits per heavy atom. The highest BCUT2D eigenvalue weighted by Gasteiger charge is 2.32. The van der Waals surface area contributed by atoms with Crippen LogP contribution in [0.15, 0.2) is 24.3 Å². The number of benzene rings is 1. The maximum atomic E-state index is 13.0. The van der Waals surface area contributed by atoms with Crippen molar-refractivity contribution >= 4 is 11.8 Å². The van der Waals surface area contributed by atoms with Gasteiger partial charge in [0.1, 0.15) is 5.82 Å². The predicted molar refractivity (Wildman–Crippen MR) is 90.9 cm³/mol. The zero-order chi connectivity index (χ0) is 17.9. The van der Waals surface area contributed by atoms with Gasteiger partial charge >= 0.3 is 0 Å². The van der Waals surface area contributed by atoms with Crippen molar-refractivity contribution in [2.45, 2.75) is 33.2 Å². The standard InChI is InChI=1S/C18H26FN3O2/c1-18(2,3)15(20)17(24)22-10-4-9-21(11-12-22)16(23)13-5-7-14(19)8-6-13/h5-8,15H,4,9-12,20H2,1-3H3/t15-/m1/s1. The SMILES string of the molecule is CC(C)(C)[C@H](N)C(=O)N1CCCN(C(=O)c2ccc(F)cc2)CC1. The van der Waals surface area contributed by atoms with Crippen LogP contribution in [-0.2, 0) is 4.79 Å². The lowest BCUT2D eigenvalue weighted by molar-refractivity contribution is -0.134. The highest BCUT2D eigenvalue weighted by atomic mass is 19.1. The van der Waals surface area contributed by atoms with E-state index in [9.17, 15) is 14.0 Å². The molecule has 1 atom stereocenters. The van der Waals surface area contributed by atoms with E-state index in [1.807, 2.05) is 20.8 Å². The van der Waals surface area contributed by atoms with Crippen molar-refractivity contribution in [3.8, 4) is 0 Å². The Morgan fingerprint density at radius 2 is 1.58 bits per heavy atom. The molecule has 5 nitrogen and oxygen atoms in total. The summed E-state index contributed by atoms with van der Waals surface area (Å²) in [5.41, 5.74) is 6.23. The van der Waals surface area contributed by atoms with E-state index < -0.39 is 6.04 Å². The van der Waals surface area contributed by atoms with Gasteiger partial charge in [-0.15, -0.1) is 0 Å². The average molecular weight is 335 g/mol. The van der Waals surface area contributed by atoms with Crippen LogP contribution in [0.5, 0.6) is 0 Å². The summed E-state index contributed by atoms with van der Waals surface area (Å²) >= 11 is 0. The molecule has 1 aliphatic rings. The van der Waals surface area contributed by atoms with E-state index >= 15 is 0 Å². The molecular weight excluding hydrogens is 309 g/mol. The Morgan fingerprint density at radius 3 is 2.17 bits per heavy atom. The molecule has 1 aromatic rings. The first kappa shape index (κ1) is 18.4.